The summed E-state index contributed by atoms with van der Waals surface area (Å²) in [7, 11) is 0. The molecule has 1 fully saturated rings. The molecule has 1 N–H and O–H groups in total. The maximum atomic E-state index is 12.1. The minimum Gasteiger partial charge on any atom is -0.310 e. The van der Waals surface area contributed by atoms with Gasteiger partial charge in [-0.25, -0.2) is 0 Å². The second-order valence-corrected chi connectivity index (χ2v) is 6.37. The highest BCUT2D eigenvalue weighted by Crippen LogP contribution is 2.30. The van der Waals surface area contributed by atoms with E-state index in [1.165, 1.54) is 0 Å². The fourth-order valence-corrected chi connectivity index (χ4v) is 2.66. The number of nitrogens with zero attached hydrogens (tertiary/aromatic N) is 1. The van der Waals surface area contributed by atoms with E-state index < -0.39 is 5.51 Å². The first kappa shape index (κ1) is 15.1. The van der Waals surface area contributed by atoms with E-state index in [1.54, 1.807) is 0 Å². The van der Waals surface area contributed by atoms with E-state index in [0.717, 1.165) is 19.5 Å². The first-order chi connectivity index (χ1) is 7.70. The molecule has 6 heteroatoms. The lowest BCUT2D eigenvalue weighted by Gasteiger charge is -2.32. The van der Waals surface area contributed by atoms with Crippen LogP contribution in [0.15, 0.2) is 0 Å². The third-order valence-corrected chi connectivity index (χ3v) is 3.75. The van der Waals surface area contributed by atoms with Crippen LogP contribution in [-0.2, 0) is 0 Å². The summed E-state index contributed by atoms with van der Waals surface area (Å²) in [5, 5.41) is 3.42. The lowest BCUT2D eigenvalue weighted by molar-refractivity contribution is -0.0329. The van der Waals surface area contributed by atoms with Crippen molar-refractivity contribution in [1.82, 2.24) is 10.2 Å². The number of hydrogen-bond donors (Lipinski definition) is 1. The van der Waals surface area contributed by atoms with Gasteiger partial charge in [0.2, 0.25) is 0 Å². The topological polar surface area (TPSA) is 15.3 Å². The third kappa shape index (κ3) is 5.97. The van der Waals surface area contributed by atoms with Crippen LogP contribution in [0.25, 0.3) is 0 Å². The van der Waals surface area contributed by atoms with Crippen LogP contribution in [0.5, 0.6) is 0 Å². The standard InChI is InChI=1S/C11H21F3N2S/c1-9-4-5-15-10(2,3)8-16(9)6-7-17-11(12,13)14/h9,15H,4-8H2,1-3H3. The van der Waals surface area contributed by atoms with Crippen LogP contribution in [0, 0.1) is 0 Å². The number of nitrogens with one attached hydrogen (secondary N) is 1. The summed E-state index contributed by atoms with van der Waals surface area (Å²) in [5.41, 5.74) is -4.13. The van der Waals surface area contributed by atoms with Gasteiger partial charge in [-0.15, -0.1) is 0 Å². The highest BCUT2D eigenvalue weighted by Gasteiger charge is 2.30. The zero-order chi connectivity index (χ0) is 13.1. The fourth-order valence-electron chi connectivity index (χ4n) is 2.10. The van der Waals surface area contributed by atoms with Crippen LogP contribution in [0.4, 0.5) is 13.2 Å². The van der Waals surface area contributed by atoms with Gasteiger partial charge in [-0.1, -0.05) is 0 Å². The van der Waals surface area contributed by atoms with Gasteiger partial charge in [0, 0.05) is 30.4 Å². The molecule has 1 aliphatic rings. The van der Waals surface area contributed by atoms with E-state index in [1.807, 2.05) is 0 Å². The summed E-state index contributed by atoms with van der Waals surface area (Å²) in [4.78, 5) is 2.15. The van der Waals surface area contributed by atoms with Crippen LogP contribution in [0.3, 0.4) is 0 Å². The van der Waals surface area contributed by atoms with Crippen LogP contribution in [0.1, 0.15) is 27.2 Å². The van der Waals surface area contributed by atoms with Crippen LogP contribution >= 0.6 is 11.8 Å². The molecule has 0 bridgehead atoms. The molecule has 1 unspecified atom stereocenters. The molecule has 17 heavy (non-hydrogen) atoms. The summed E-state index contributed by atoms with van der Waals surface area (Å²) < 4.78 is 36.2. The Hall–Kier alpha value is 0.0600. The number of alkyl halides is 3. The van der Waals surface area contributed by atoms with E-state index in [-0.39, 0.29) is 23.1 Å². The molecule has 0 amide bonds. The molecule has 0 aliphatic carbocycles. The summed E-state index contributed by atoms with van der Waals surface area (Å²) in [6, 6.07) is 0.345. The van der Waals surface area contributed by atoms with Crippen molar-refractivity contribution in [2.24, 2.45) is 0 Å². The predicted molar refractivity (Wildman–Crippen MR) is 66.2 cm³/mol. The molecule has 1 saturated heterocycles. The first-order valence-electron chi connectivity index (χ1n) is 5.89. The third-order valence-electron chi connectivity index (χ3n) is 3.03. The Bertz CT molecular complexity index is 243. The zero-order valence-corrected chi connectivity index (χ0v) is 11.4. The Morgan fingerprint density at radius 3 is 2.65 bits per heavy atom. The van der Waals surface area contributed by atoms with E-state index >= 15 is 0 Å². The van der Waals surface area contributed by atoms with Crippen molar-refractivity contribution in [3.05, 3.63) is 0 Å². The Labute approximate surface area is 105 Å². The minimum atomic E-state index is -4.11. The number of halogens is 3. The maximum Gasteiger partial charge on any atom is 0.441 e. The second kappa shape index (κ2) is 5.80. The van der Waals surface area contributed by atoms with Crippen LogP contribution < -0.4 is 5.32 Å². The van der Waals surface area contributed by atoms with Gasteiger partial charge in [0.15, 0.2) is 0 Å². The Balaban J connectivity index is 2.43. The van der Waals surface area contributed by atoms with E-state index in [9.17, 15) is 13.2 Å². The van der Waals surface area contributed by atoms with Crippen molar-refractivity contribution in [3.63, 3.8) is 0 Å². The molecule has 1 aliphatic heterocycles. The van der Waals surface area contributed by atoms with Gasteiger partial charge in [0.25, 0.3) is 0 Å². The normalized spacial score (nSPS) is 26.8. The van der Waals surface area contributed by atoms with Gasteiger partial charge >= 0.3 is 5.51 Å². The average molecular weight is 270 g/mol. The molecule has 1 heterocycles. The average Bonchev–Trinajstić information content (AvgIpc) is 2.24. The van der Waals surface area contributed by atoms with Crippen molar-refractivity contribution in [1.29, 1.82) is 0 Å². The van der Waals surface area contributed by atoms with Gasteiger partial charge in [-0.3, -0.25) is 4.90 Å². The first-order valence-corrected chi connectivity index (χ1v) is 6.88. The maximum absolute atomic E-state index is 12.1. The molecular weight excluding hydrogens is 249 g/mol. The lowest BCUT2D eigenvalue weighted by atomic mass is 10.1. The summed E-state index contributed by atoms with van der Waals surface area (Å²) in [6.07, 6.45) is 0.986. The van der Waals surface area contributed by atoms with E-state index in [4.69, 9.17) is 0 Å². The highest BCUT2D eigenvalue weighted by molar-refractivity contribution is 8.00. The zero-order valence-electron chi connectivity index (χ0n) is 10.6. The number of hydrogen-bond acceptors (Lipinski definition) is 3. The molecule has 0 aromatic rings. The smallest absolute Gasteiger partial charge is 0.310 e. The monoisotopic (exact) mass is 270 g/mol. The van der Waals surface area contributed by atoms with Crippen molar-refractivity contribution in [3.8, 4) is 0 Å². The molecular formula is C11H21F3N2S. The molecule has 0 aromatic heterocycles. The Morgan fingerprint density at radius 2 is 2.06 bits per heavy atom. The molecule has 0 spiro atoms. The summed E-state index contributed by atoms with van der Waals surface area (Å²) in [6.45, 7) is 8.49. The van der Waals surface area contributed by atoms with Crippen LogP contribution in [-0.4, -0.2) is 47.4 Å². The second-order valence-electron chi connectivity index (χ2n) is 5.21. The molecule has 1 rings (SSSR count). The van der Waals surface area contributed by atoms with Crippen LogP contribution in [0.2, 0.25) is 0 Å². The van der Waals surface area contributed by atoms with Gasteiger partial charge in [0.05, 0.1) is 0 Å². The van der Waals surface area contributed by atoms with Crippen molar-refractivity contribution in [2.75, 3.05) is 25.4 Å². The van der Waals surface area contributed by atoms with E-state index in [2.05, 4.69) is 31.0 Å². The Kier molecular flexibility index (Phi) is 5.16. The largest absolute Gasteiger partial charge is 0.441 e. The van der Waals surface area contributed by atoms with Crippen molar-refractivity contribution >= 4 is 11.8 Å². The van der Waals surface area contributed by atoms with Crippen molar-refractivity contribution < 1.29 is 13.2 Å². The number of thioether (sulfide) groups is 1. The lowest BCUT2D eigenvalue weighted by Crippen LogP contribution is -2.48. The predicted octanol–water partition coefficient (Wildman–Crippen LogP) is 2.70. The summed E-state index contributed by atoms with van der Waals surface area (Å²) in [5.74, 6) is 0.115. The Morgan fingerprint density at radius 1 is 1.41 bits per heavy atom. The molecule has 0 aromatic carbocycles. The van der Waals surface area contributed by atoms with Gasteiger partial charge in [-0.05, 0) is 45.5 Å². The quantitative estimate of drug-likeness (QED) is 0.849. The van der Waals surface area contributed by atoms with Gasteiger partial charge < -0.3 is 5.32 Å². The van der Waals surface area contributed by atoms with Gasteiger partial charge in [-0.2, -0.15) is 13.2 Å². The molecule has 102 valence electrons. The fraction of sp³-hybridized carbons (Fsp3) is 1.00. The van der Waals surface area contributed by atoms with E-state index in [0.29, 0.717) is 12.6 Å². The molecule has 1 atom stereocenters. The molecule has 0 saturated carbocycles. The van der Waals surface area contributed by atoms with Gasteiger partial charge in [0.1, 0.15) is 0 Å². The SMILES string of the molecule is CC1CCNC(C)(C)CN1CCSC(F)(F)F. The highest BCUT2D eigenvalue weighted by atomic mass is 32.2. The summed E-state index contributed by atoms with van der Waals surface area (Å²) >= 11 is 0.0741. The number of rotatable bonds is 3. The molecule has 0 radical (unpaired) electrons. The minimum absolute atomic E-state index is 0.0202. The molecule has 2 nitrogen and oxygen atoms in total. The van der Waals surface area contributed by atoms with Crippen molar-refractivity contribution in [2.45, 2.75) is 44.3 Å².